The number of anilines is 2. The summed E-state index contributed by atoms with van der Waals surface area (Å²) in [5, 5.41) is 18.1. The molecule has 4 rings (SSSR count). The number of hydrogen-bond acceptors (Lipinski definition) is 7. The molecule has 1 unspecified atom stereocenters. The fraction of sp³-hybridized carbons (Fsp3) is 0.300. The molecule has 3 heterocycles. The Morgan fingerprint density at radius 1 is 1.27 bits per heavy atom. The minimum atomic E-state index is -0.469. The van der Waals surface area contributed by atoms with Crippen LogP contribution >= 0.6 is 0 Å². The molecule has 1 N–H and O–H groups in total. The molecule has 1 fully saturated rings. The maximum Gasteiger partial charge on any atom is 0.271 e. The normalized spacial score (nSPS) is 16.3. The molecule has 0 spiro atoms. The monoisotopic (exact) mass is 407 g/mol. The topological polar surface area (TPSA) is 119 Å². The van der Waals surface area contributed by atoms with Crippen LogP contribution in [0.25, 0.3) is 5.82 Å². The highest BCUT2D eigenvalue weighted by Gasteiger charge is 2.27. The molecule has 0 radical (unpaired) electrons. The maximum absolute atomic E-state index is 12.9. The van der Waals surface area contributed by atoms with Crippen LogP contribution in [-0.4, -0.2) is 43.7 Å². The van der Waals surface area contributed by atoms with E-state index >= 15 is 0 Å². The molecule has 1 aliphatic heterocycles. The summed E-state index contributed by atoms with van der Waals surface area (Å²) >= 11 is 0. The second kappa shape index (κ2) is 8.27. The van der Waals surface area contributed by atoms with Crippen LogP contribution in [0.2, 0.25) is 0 Å². The van der Waals surface area contributed by atoms with Gasteiger partial charge in [-0.1, -0.05) is 6.07 Å². The van der Waals surface area contributed by atoms with Crippen LogP contribution in [0.3, 0.4) is 0 Å². The molecule has 154 valence electrons. The lowest BCUT2D eigenvalue weighted by atomic mass is 9.96. The first-order chi connectivity index (χ1) is 14.5. The van der Waals surface area contributed by atoms with Crippen LogP contribution in [0.1, 0.15) is 18.4 Å². The second-order valence-corrected chi connectivity index (χ2v) is 7.22. The van der Waals surface area contributed by atoms with E-state index in [9.17, 15) is 14.9 Å². The average Bonchev–Trinajstić information content (AvgIpc) is 3.30. The number of piperidine rings is 1. The lowest BCUT2D eigenvalue weighted by molar-refractivity contribution is -0.384. The average molecular weight is 407 g/mol. The lowest BCUT2D eigenvalue weighted by Crippen LogP contribution is -2.41. The summed E-state index contributed by atoms with van der Waals surface area (Å²) < 4.78 is 1.66. The van der Waals surface area contributed by atoms with Gasteiger partial charge in [0.25, 0.3) is 5.69 Å². The van der Waals surface area contributed by atoms with Crippen molar-refractivity contribution in [1.82, 2.24) is 19.7 Å². The number of aromatic nitrogens is 4. The van der Waals surface area contributed by atoms with Gasteiger partial charge >= 0.3 is 0 Å². The molecule has 3 aromatic rings. The Morgan fingerprint density at radius 2 is 2.10 bits per heavy atom. The molecule has 2 aromatic heterocycles. The Hall–Kier alpha value is -3.82. The number of nitro benzene ring substituents is 1. The van der Waals surface area contributed by atoms with Crippen molar-refractivity contribution in [1.29, 1.82) is 0 Å². The molecule has 1 aliphatic rings. The van der Waals surface area contributed by atoms with E-state index in [1.807, 2.05) is 19.1 Å². The van der Waals surface area contributed by atoms with Crippen molar-refractivity contribution in [3.63, 3.8) is 0 Å². The van der Waals surface area contributed by atoms with E-state index < -0.39 is 4.92 Å². The number of non-ortho nitro benzene ring substituents is 1. The van der Waals surface area contributed by atoms with Crippen molar-refractivity contribution < 1.29 is 9.72 Å². The molecule has 10 heteroatoms. The summed E-state index contributed by atoms with van der Waals surface area (Å²) in [4.78, 5) is 34.1. The second-order valence-electron chi connectivity index (χ2n) is 7.22. The maximum atomic E-state index is 12.9. The largest absolute Gasteiger partial charge is 0.356 e. The van der Waals surface area contributed by atoms with Crippen molar-refractivity contribution in [3.05, 3.63) is 64.7 Å². The van der Waals surface area contributed by atoms with Gasteiger partial charge < -0.3 is 10.2 Å². The van der Waals surface area contributed by atoms with Gasteiger partial charge in [0.2, 0.25) is 5.91 Å². The van der Waals surface area contributed by atoms with Gasteiger partial charge in [-0.2, -0.15) is 5.10 Å². The van der Waals surface area contributed by atoms with Crippen molar-refractivity contribution in [2.75, 3.05) is 23.3 Å². The molecular formula is C20H21N7O3. The third-order valence-corrected chi connectivity index (χ3v) is 5.18. The first-order valence-electron chi connectivity index (χ1n) is 9.64. The summed E-state index contributed by atoms with van der Waals surface area (Å²) in [6, 6.07) is 8.13. The Labute approximate surface area is 172 Å². The van der Waals surface area contributed by atoms with Gasteiger partial charge in [-0.25, -0.2) is 14.6 Å². The first-order valence-corrected chi connectivity index (χ1v) is 9.64. The van der Waals surface area contributed by atoms with E-state index in [-0.39, 0.29) is 17.5 Å². The molecule has 1 saturated heterocycles. The number of aryl methyl sites for hydroxylation is 1. The number of benzene rings is 1. The number of nitrogens with zero attached hydrogens (tertiary/aromatic N) is 6. The predicted molar refractivity (Wildman–Crippen MR) is 111 cm³/mol. The highest BCUT2D eigenvalue weighted by molar-refractivity contribution is 5.94. The minimum Gasteiger partial charge on any atom is -0.356 e. The van der Waals surface area contributed by atoms with E-state index in [1.165, 1.54) is 18.5 Å². The van der Waals surface area contributed by atoms with Crippen LogP contribution < -0.4 is 10.2 Å². The van der Waals surface area contributed by atoms with Crippen LogP contribution in [-0.2, 0) is 4.79 Å². The Kier molecular flexibility index (Phi) is 5.38. The van der Waals surface area contributed by atoms with Crippen molar-refractivity contribution in [2.24, 2.45) is 5.92 Å². The first kappa shape index (κ1) is 19.5. The van der Waals surface area contributed by atoms with Gasteiger partial charge in [0.15, 0.2) is 5.82 Å². The van der Waals surface area contributed by atoms with Crippen LogP contribution in [0.15, 0.2) is 49.1 Å². The summed E-state index contributed by atoms with van der Waals surface area (Å²) in [5.74, 6) is 0.994. The zero-order chi connectivity index (χ0) is 21.1. The smallest absolute Gasteiger partial charge is 0.271 e. The quantitative estimate of drug-likeness (QED) is 0.510. The van der Waals surface area contributed by atoms with Crippen LogP contribution in [0.5, 0.6) is 0 Å². The third kappa shape index (κ3) is 4.12. The number of carbonyl (C=O) groups excluding carboxylic acids is 1. The fourth-order valence-corrected chi connectivity index (χ4v) is 3.53. The summed E-state index contributed by atoms with van der Waals surface area (Å²) in [6.45, 7) is 3.11. The summed E-state index contributed by atoms with van der Waals surface area (Å²) in [5.41, 5.74) is 1.20. The Bertz CT molecular complexity index is 1070. The Morgan fingerprint density at radius 3 is 2.87 bits per heavy atom. The zero-order valence-electron chi connectivity index (χ0n) is 16.4. The standard InChI is InChI=1S/C20H21N7O3/c1-14-5-6-16(27(29)30)10-17(14)24-20(28)15-4-2-8-25(12-15)18-11-19(22-13-21-18)26-9-3-7-23-26/h3,5-7,9-11,13,15H,2,4,8,12H2,1H3,(H,24,28). The van der Waals surface area contributed by atoms with Crippen molar-refractivity contribution >= 4 is 23.1 Å². The number of rotatable bonds is 5. The Balaban J connectivity index is 1.48. The minimum absolute atomic E-state index is 0.0479. The highest BCUT2D eigenvalue weighted by atomic mass is 16.6. The van der Waals surface area contributed by atoms with Crippen LogP contribution in [0.4, 0.5) is 17.2 Å². The molecule has 1 aromatic carbocycles. The van der Waals surface area contributed by atoms with Crippen molar-refractivity contribution in [3.8, 4) is 5.82 Å². The van der Waals surface area contributed by atoms with Gasteiger partial charge in [0, 0.05) is 43.7 Å². The van der Waals surface area contributed by atoms with E-state index in [1.54, 1.807) is 23.1 Å². The zero-order valence-corrected chi connectivity index (χ0v) is 16.4. The molecule has 1 amide bonds. The van der Waals surface area contributed by atoms with E-state index in [0.717, 1.165) is 30.8 Å². The predicted octanol–water partition coefficient (Wildman–Crippen LogP) is 2.73. The lowest BCUT2D eigenvalue weighted by Gasteiger charge is -2.33. The third-order valence-electron chi connectivity index (χ3n) is 5.18. The fourth-order valence-electron chi connectivity index (χ4n) is 3.53. The molecule has 0 saturated carbocycles. The number of hydrogen-bond donors (Lipinski definition) is 1. The summed E-state index contributed by atoms with van der Waals surface area (Å²) in [7, 11) is 0. The summed E-state index contributed by atoms with van der Waals surface area (Å²) in [6.07, 6.45) is 6.56. The molecule has 0 bridgehead atoms. The molecule has 1 atom stereocenters. The van der Waals surface area contributed by atoms with Gasteiger partial charge in [-0.15, -0.1) is 0 Å². The van der Waals surface area contributed by atoms with E-state index in [2.05, 4.69) is 25.3 Å². The SMILES string of the molecule is Cc1ccc([N+](=O)[O-])cc1NC(=O)C1CCCN(c2cc(-n3cccn3)ncn2)C1. The number of carbonyl (C=O) groups is 1. The van der Waals surface area contributed by atoms with Crippen molar-refractivity contribution in [2.45, 2.75) is 19.8 Å². The molecular weight excluding hydrogens is 386 g/mol. The molecule has 0 aliphatic carbocycles. The van der Waals surface area contributed by atoms with Crippen LogP contribution in [0, 0.1) is 23.0 Å². The van der Waals surface area contributed by atoms with Gasteiger partial charge in [0.05, 0.1) is 16.5 Å². The van der Waals surface area contributed by atoms with Gasteiger partial charge in [0.1, 0.15) is 12.1 Å². The van der Waals surface area contributed by atoms with Gasteiger partial charge in [-0.3, -0.25) is 14.9 Å². The van der Waals surface area contributed by atoms with E-state index in [0.29, 0.717) is 18.1 Å². The van der Waals surface area contributed by atoms with E-state index in [4.69, 9.17) is 0 Å². The molecule has 30 heavy (non-hydrogen) atoms. The number of amides is 1. The number of nitro groups is 1. The highest BCUT2D eigenvalue weighted by Crippen LogP contribution is 2.26. The number of nitrogens with one attached hydrogen (secondary N) is 1. The van der Waals surface area contributed by atoms with Gasteiger partial charge in [-0.05, 0) is 31.4 Å². The molecule has 10 nitrogen and oxygen atoms in total.